The molecule has 0 atom stereocenters. The van der Waals surface area contributed by atoms with Gasteiger partial charge in [-0.1, -0.05) is 6.07 Å². The smallest absolute Gasteiger partial charge is 0.195 e. The molecule has 20 heavy (non-hydrogen) atoms. The molecule has 0 bridgehead atoms. The number of thiophene rings is 1. The zero-order valence-corrected chi connectivity index (χ0v) is 13.2. The fourth-order valence-electron chi connectivity index (χ4n) is 2.26. The summed E-state index contributed by atoms with van der Waals surface area (Å²) in [6.07, 6.45) is 0. The molecule has 0 radical (unpaired) electrons. The molecule has 3 rings (SSSR count). The zero-order valence-electron chi connectivity index (χ0n) is 11.5. The number of nitrogens with one attached hydrogen (secondary N) is 1. The summed E-state index contributed by atoms with van der Waals surface area (Å²) in [4.78, 5) is 1.11. The second-order valence-corrected chi connectivity index (χ2v) is 6.02. The number of aryl methyl sites for hydroxylation is 2. The predicted octanol–water partition coefficient (Wildman–Crippen LogP) is 3.07. The van der Waals surface area contributed by atoms with Crippen LogP contribution in [0.3, 0.4) is 0 Å². The Bertz CT molecular complexity index is 791. The number of aromatic amines is 1. The summed E-state index contributed by atoms with van der Waals surface area (Å²) in [6, 6.07) is 4.07. The number of H-pyrrole nitrogens is 1. The highest BCUT2D eigenvalue weighted by molar-refractivity contribution is 7.71. The number of nitrogens with zero attached hydrogens (tertiary/aromatic N) is 4. The Morgan fingerprint density at radius 1 is 1.40 bits per heavy atom. The molecule has 0 amide bonds. The summed E-state index contributed by atoms with van der Waals surface area (Å²) in [5.41, 5.74) is 3.38. The molecule has 3 aromatic heterocycles. The molecule has 0 unspecified atom stereocenters. The van der Waals surface area contributed by atoms with Gasteiger partial charge in [0.1, 0.15) is 0 Å². The van der Waals surface area contributed by atoms with Crippen LogP contribution in [0.5, 0.6) is 0 Å². The second-order valence-electron chi connectivity index (χ2n) is 4.69. The maximum Gasteiger partial charge on any atom is 0.195 e. The van der Waals surface area contributed by atoms with Gasteiger partial charge in [0.2, 0.25) is 0 Å². The summed E-state index contributed by atoms with van der Waals surface area (Å²) in [5, 5.41) is 13.7. The predicted molar refractivity (Wildman–Crippen MR) is 82.5 cm³/mol. The van der Waals surface area contributed by atoms with E-state index in [1.807, 2.05) is 34.7 Å². The number of rotatable bonds is 3. The second kappa shape index (κ2) is 4.99. The van der Waals surface area contributed by atoms with Crippen molar-refractivity contribution >= 4 is 23.6 Å². The average molecular weight is 305 g/mol. The highest BCUT2D eigenvalue weighted by atomic mass is 32.1. The molecule has 5 nitrogen and oxygen atoms in total. The summed E-state index contributed by atoms with van der Waals surface area (Å²) >= 11 is 7.02. The quantitative estimate of drug-likeness (QED) is 0.757. The van der Waals surface area contributed by atoms with E-state index in [0.29, 0.717) is 11.3 Å². The van der Waals surface area contributed by atoms with Crippen molar-refractivity contribution in [2.24, 2.45) is 7.05 Å². The zero-order chi connectivity index (χ0) is 14.3. The molecule has 0 aliphatic heterocycles. The Morgan fingerprint density at radius 2 is 2.20 bits per heavy atom. The van der Waals surface area contributed by atoms with Crippen LogP contribution in [0, 0.1) is 18.6 Å². The van der Waals surface area contributed by atoms with Gasteiger partial charge in [-0.15, -0.1) is 11.3 Å². The summed E-state index contributed by atoms with van der Waals surface area (Å²) < 4.78 is 4.56. The molecule has 0 saturated heterocycles. The lowest BCUT2D eigenvalue weighted by molar-refractivity contribution is 0.726. The molecule has 0 aliphatic rings. The van der Waals surface area contributed by atoms with E-state index in [4.69, 9.17) is 12.2 Å². The topological polar surface area (TPSA) is 51.4 Å². The fraction of sp³-hybridized carbons (Fsp3) is 0.308. The Kier molecular flexibility index (Phi) is 3.31. The van der Waals surface area contributed by atoms with Crippen molar-refractivity contribution in [1.29, 1.82) is 0 Å². The molecule has 0 aromatic carbocycles. The summed E-state index contributed by atoms with van der Waals surface area (Å²) in [5.74, 6) is 0.882. The molecule has 104 valence electrons. The van der Waals surface area contributed by atoms with Crippen LogP contribution in [0.1, 0.15) is 17.0 Å². The molecule has 3 heterocycles. The van der Waals surface area contributed by atoms with Gasteiger partial charge in [-0.05, 0) is 37.5 Å². The first-order chi connectivity index (χ1) is 9.58. The van der Waals surface area contributed by atoms with E-state index in [1.165, 1.54) is 5.56 Å². The molecule has 0 spiro atoms. The first-order valence-corrected chi connectivity index (χ1v) is 7.55. The minimum Gasteiger partial charge on any atom is -0.295 e. The van der Waals surface area contributed by atoms with Crippen LogP contribution < -0.4 is 0 Å². The van der Waals surface area contributed by atoms with Crippen LogP contribution in [-0.2, 0) is 13.6 Å². The fourth-order valence-corrected chi connectivity index (χ4v) is 3.18. The SMILES string of the molecule is Cc1nn(C)c(C)c1Cn1c(-c2cccs2)n[nH]c1=S. The van der Waals surface area contributed by atoms with Crippen LogP contribution in [0.15, 0.2) is 17.5 Å². The van der Waals surface area contributed by atoms with E-state index in [0.717, 1.165) is 22.1 Å². The maximum absolute atomic E-state index is 5.36. The molecule has 0 aliphatic carbocycles. The lowest BCUT2D eigenvalue weighted by atomic mass is 10.2. The van der Waals surface area contributed by atoms with Crippen molar-refractivity contribution in [3.8, 4) is 10.7 Å². The Morgan fingerprint density at radius 3 is 2.80 bits per heavy atom. The van der Waals surface area contributed by atoms with Crippen molar-refractivity contribution < 1.29 is 0 Å². The van der Waals surface area contributed by atoms with Gasteiger partial charge in [-0.2, -0.15) is 10.2 Å². The van der Waals surface area contributed by atoms with Gasteiger partial charge >= 0.3 is 0 Å². The summed E-state index contributed by atoms with van der Waals surface area (Å²) in [7, 11) is 1.96. The van der Waals surface area contributed by atoms with Crippen LogP contribution in [-0.4, -0.2) is 24.5 Å². The summed E-state index contributed by atoms with van der Waals surface area (Å²) in [6.45, 7) is 4.79. The van der Waals surface area contributed by atoms with Gasteiger partial charge in [-0.3, -0.25) is 14.3 Å². The van der Waals surface area contributed by atoms with Gasteiger partial charge in [0.25, 0.3) is 0 Å². The maximum atomic E-state index is 5.36. The van der Waals surface area contributed by atoms with E-state index in [1.54, 1.807) is 11.3 Å². The van der Waals surface area contributed by atoms with E-state index < -0.39 is 0 Å². The molecule has 3 aromatic rings. The molecular weight excluding hydrogens is 290 g/mol. The number of hydrogen-bond donors (Lipinski definition) is 1. The minimum atomic E-state index is 0.635. The third kappa shape index (κ3) is 2.12. The van der Waals surface area contributed by atoms with E-state index in [9.17, 15) is 0 Å². The van der Waals surface area contributed by atoms with Crippen molar-refractivity contribution in [2.45, 2.75) is 20.4 Å². The third-order valence-corrected chi connectivity index (χ3v) is 4.65. The van der Waals surface area contributed by atoms with Crippen molar-refractivity contribution in [2.75, 3.05) is 0 Å². The number of aromatic nitrogens is 5. The van der Waals surface area contributed by atoms with E-state index in [-0.39, 0.29) is 0 Å². The average Bonchev–Trinajstić information content (AvgIpc) is 3.09. The van der Waals surface area contributed by atoms with Crippen molar-refractivity contribution in [1.82, 2.24) is 24.5 Å². The van der Waals surface area contributed by atoms with Crippen molar-refractivity contribution in [3.63, 3.8) is 0 Å². The van der Waals surface area contributed by atoms with Gasteiger partial charge < -0.3 is 0 Å². The van der Waals surface area contributed by atoms with Gasteiger partial charge in [0.15, 0.2) is 10.6 Å². The lowest BCUT2D eigenvalue weighted by Gasteiger charge is -2.06. The van der Waals surface area contributed by atoms with Crippen LogP contribution in [0.4, 0.5) is 0 Å². The first-order valence-electron chi connectivity index (χ1n) is 6.26. The van der Waals surface area contributed by atoms with Crippen LogP contribution in [0.25, 0.3) is 10.7 Å². The molecule has 0 saturated carbocycles. The Labute approximate surface area is 125 Å². The van der Waals surface area contributed by atoms with Gasteiger partial charge in [0.05, 0.1) is 17.1 Å². The van der Waals surface area contributed by atoms with Gasteiger partial charge in [0, 0.05) is 18.3 Å². The highest BCUT2D eigenvalue weighted by Gasteiger charge is 2.15. The first kappa shape index (κ1) is 13.3. The molecule has 0 fully saturated rings. The molecular formula is C13H15N5S2. The standard InChI is InChI=1S/C13H15N5S2/c1-8-10(9(2)17(3)16-8)7-18-12(14-15-13(18)19)11-5-4-6-20-11/h4-6H,7H2,1-3H3,(H,15,19). The Hall–Kier alpha value is -1.73. The van der Waals surface area contributed by atoms with Crippen LogP contribution >= 0.6 is 23.6 Å². The monoisotopic (exact) mass is 305 g/mol. The minimum absolute atomic E-state index is 0.635. The van der Waals surface area contributed by atoms with Gasteiger partial charge in [-0.25, -0.2) is 0 Å². The Balaban J connectivity index is 2.08. The van der Waals surface area contributed by atoms with Crippen molar-refractivity contribution in [3.05, 3.63) is 39.2 Å². The highest BCUT2D eigenvalue weighted by Crippen LogP contribution is 2.24. The normalized spacial score (nSPS) is 11.2. The molecule has 1 N–H and O–H groups in total. The number of hydrogen-bond acceptors (Lipinski definition) is 4. The van der Waals surface area contributed by atoms with E-state index >= 15 is 0 Å². The van der Waals surface area contributed by atoms with Crippen LogP contribution in [0.2, 0.25) is 0 Å². The largest absolute Gasteiger partial charge is 0.295 e. The molecule has 7 heteroatoms. The third-order valence-electron chi connectivity index (χ3n) is 3.47. The lowest BCUT2D eigenvalue weighted by Crippen LogP contribution is -2.04. The van der Waals surface area contributed by atoms with E-state index in [2.05, 4.69) is 28.3 Å².